The summed E-state index contributed by atoms with van der Waals surface area (Å²) in [5.41, 5.74) is 1.84. The standard InChI is InChI=1S/C17H23ClFN/c1-2-8-20-12-17(10-16(11-17)6-3-7-16)14-5-4-13(19)9-15(14)18/h4-5,9,20H,2-3,6-8,10-12H2,1H3. The topological polar surface area (TPSA) is 12.0 Å². The molecule has 2 aliphatic rings. The second-order valence-corrected chi connectivity index (χ2v) is 7.20. The van der Waals surface area contributed by atoms with E-state index >= 15 is 0 Å². The van der Waals surface area contributed by atoms with Gasteiger partial charge in [-0.3, -0.25) is 0 Å². The fraction of sp³-hybridized carbons (Fsp3) is 0.647. The van der Waals surface area contributed by atoms with Crippen LogP contribution in [0.15, 0.2) is 18.2 Å². The largest absolute Gasteiger partial charge is 0.316 e. The SMILES string of the molecule is CCCNCC1(c2ccc(F)cc2Cl)CC2(CCC2)C1. The van der Waals surface area contributed by atoms with E-state index in [1.165, 1.54) is 38.2 Å². The van der Waals surface area contributed by atoms with Gasteiger partial charge < -0.3 is 5.32 Å². The number of halogens is 2. The van der Waals surface area contributed by atoms with Gasteiger partial charge in [0.2, 0.25) is 0 Å². The molecule has 0 saturated heterocycles. The first-order valence-corrected chi connectivity index (χ1v) is 8.13. The van der Waals surface area contributed by atoms with Gasteiger partial charge in [0.05, 0.1) is 0 Å². The minimum Gasteiger partial charge on any atom is -0.316 e. The van der Waals surface area contributed by atoms with Crippen molar-refractivity contribution in [1.29, 1.82) is 0 Å². The molecular formula is C17H23ClFN. The molecule has 0 unspecified atom stereocenters. The second kappa shape index (κ2) is 5.31. The van der Waals surface area contributed by atoms with Gasteiger partial charge in [0.1, 0.15) is 5.82 Å². The van der Waals surface area contributed by atoms with Crippen molar-refractivity contribution in [3.8, 4) is 0 Å². The molecule has 1 aromatic rings. The fourth-order valence-electron chi connectivity index (χ4n) is 4.25. The highest BCUT2D eigenvalue weighted by Gasteiger charge is 2.57. The number of benzene rings is 1. The van der Waals surface area contributed by atoms with Crippen LogP contribution in [0.3, 0.4) is 0 Å². The van der Waals surface area contributed by atoms with Crippen molar-refractivity contribution in [3.63, 3.8) is 0 Å². The summed E-state index contributed by atoms with van der Waals surface area (Å²) in [4.78, 5) is 0. The van der Waals surface area contributed by atoms with Crippen LogP contribution in [0.25, 0.3) is 0 Å². The van der Waals surface area contributed by atoms with E-state index in [1.54, 1.807) is 6.07 Å². The summed E-state index contributed by atoms with van der Waals surface area (Å²) in [5.74, 6) is -0.243. The lowest BCUT2D eigenvalue weighted by atomic mass is 9.43. The zero-order chi connectivity index (χ0) is 14.2. The fourth-order valence-corrected chi connectivity index (χ4v) is 4.62. The molecule has 2 fully saturated rings. The Kier molecular flexibility index (Phi) is 3.81. The first-order valence-electron chi connectivity index (χ1n) is 7.76. The predicted molar refractivity (Wildman–Crippen MR) is 81.8 cm³/mol. The van der Waals surface area contributed by atoms with Gasteiger partial charge in [-0.15, -0.1) is 0 Å². The highest BCUT2D eigenvalue weighted by Crippen LogP contribution is 2.65. The lowest BCUT2D eigenvalue weighted by Crippen LogP contribution is -2.57. The summed E-state index contributed by atoms with van der Waals surface area (Å²) >= 11 is 6.33. The summed E-state index contributed by atoms with van der Waals surface area (Å²) < 4.78 is 13.3. The molecule has 0 bridgehead atoms. The molecule has 0 atom stereocenters. The van der Waals surface area contributed by atoms with Crippen molar-refractivity contribution in [3.05, 3.63) is 34.6 Å². The van der Waals surface area contributed by atoms with Gasteiger partial charge in [0, 0.05) is 17.0 Å². The van der Waals surface area contributed by atoms with Gasteiger partial charge >= 0.3 is 0 Å². The Bertz CT molecular complexity index is 488. The van der Waals surface area contributed by atoms with Crippen molar-refractivity contribution < 1.29 is 4.39 Å². The molecule has 0 aromatic heterocycles. The minimum absolute atomic E-state index is 0.125. The summed E-state index contributed by atoms with van der Waals surface area (Å²) in [6.07, 6.45) is 7.65. The average molecular weight is 296 g/mol. The average Bonchev–Trinajstić information content (AvgIpc) is 2.31. The number of hydrogen-bond donors (Lipinski definition) is 1. The smallest absolute Gasteiger partial charge is 0.124 e. The molecule has 110 valence electrons. The van der Waals surface area contributed by atoms with E-state index in [0.717, 1.165) is 25.1 Å². The van der Waals surface area contributed by atoms with Gasteiger partial charge in [0.25, 0.3) is 0 Å². The molecule has 0 amide bonds. The third-order valence-electron chi connectivity index (χ3n) is 5.23. The molecule has 1 nitrogen and oxygen atoms in total. The van der Waals surface area contributed by atoms with Crippen LogP contribution >= 0.6 is 11.6 Å². The molecule has 0 radical (unpaired) electrons. The number of rotatable bonds is 5. The number of nitrogens with one attached hydrogen (secondary N) is 1. The normalized spacial score (nSPS) is 22.4. The summed E-state index contributed by atoms with van der Waals surface area (Å²) in [5, 5.41) is 4.15. The molecule has 3 rings (SSSR count). The lowest BCUT2D eigenvalue weighted by molar-refractivity contribution is -0.0481. The molecular weight excluding hydrogens is 273 g/mol. The Morgan fingerprint density at radius 3 is 2.60 bits per heavy atom. The van der Waals surface area contributed by atoms with Crippen LogP contribution in [0.4, 0.5) is 4.39 Å². The Balaban J connectivity index is 1.82. The molecule has 0 heterocycles. The molecule has 1 aromatic carbocycles. The number of hydrogen-bond acceptors (Lipinski definition) is 1. The van der Waals surface area contributed by atoms with E-state index in [-0.39, 0.29) is 11.2 Å². The van der Waals surface area contributed by atoms with Crippen molar-refractivity contribution in [2.75, 3.05) is 13.1 Å². The Hall–Kier alpha value is -0.600. The predicted octanol–water partition coefficient (Wildman–Crippen LogP) is 4.68. The zero-order valence-corrected chi connectivity index (χ0v) is 12.9. The van der Waals surface area contributed by atoms with E-state index in [1.807, 2.05) is 6.07 Å². The molecule has 2 aliphatic carbocycles. The maximum atomic E-state index is 13.3. The first-order chi connectivity index (χ1) is 9.59. The van der Waals surface area contributed by atoms with E-state index in [2.05, 4.69) is 12.2 Å². The van der Waals surface area contributed by atoms with Crippen molar-refractivity contribution >= 4 is 11.6 Å². The Labute approximate surface area is 125 Å². The van der Waals surface area contributed by atoms with Gasteiger partial charge in [-0.1, -0.05) is 31.0 Å². The molecule has 1 spiro atoms. The van der Waals surface area contributed by atoms with Crippen LogP contribution in [0.1, 0.15) is 51.0 Å². The van der Waals surface area contributed by atoms with E-state index in [9.17, 15) is 4.39 Å². The summed E-state index contributed by atoms with van der Waals surface area (Å²) in [7, 11) is 0. The second-order valence-electron chi connectivity index (χ2n) is 6.79. The van der Waals surface area contributed by atoms with Crippen LogP contribution in [-0.4, -0.2) is 13.1 Å². The lowest BCUT2D eigenvalue weighted by Gasteiger charge is -2.62. The van der Waals surface area contributed by atoms with Crippen LogP contribution in [-0.2, 0) is 5.41 Å². The third kappa shape index (κ3) is 2.37. The van der Waals surface area contributed by atoms with E-state index < -0.39 is 0 Å². The Morgan fingerprint density at radius 2 is 2.05 bits per heavy atom. The molecule has 1 N–H and O–H groups in total. The monoisotopic (exact) mass is 295 g/mol. The van der Waals surface area contributed by atoms with E-state index in [0.29, 0.717) is 10.4 Å². The van der Waals surface area contributed by atoms with Crippen LogP contribution in [0.2, 0.25) is 5.02 Å². The maximum Gasteiger partial charge on any atom is 0.124 e. The molecule has 3 heteroatoms. The maximum absolute atomic E-state index is 13.3. The van der Waals surface area contributed by atoms with Crippen LogP contribution < -0.4 is 5.32 Å². The highest BCUT2D eigenvalue weighted by molar-refractivity contribution is 6.31. The van der Waals surface area contributed by atoms with Gasteiger partial charge in [0.15, 0.2) is 0 Å². The van der Waals surface area contributed by atoms with Crippen molar-refractivity contribution in [2.45, 2.75) is 50.9 Å². The van der Waals surface area contributed by atoms with Gasteiger partial charge in [-0.05, 0) is 61.8 Å². The van der Waals surface area contributed by atoms with E-state index in [4.69, 9.17) is 11.6 Å². The summed E-state index contributed by atoms with van der Waals surface area (Å²) in [6.45, 7) is 4.18. The van der Waals surface area contributed by atoms with Crippen LogP contribution in [0.5, 0.6) is 0 Å². The Morgan fingerprint density at radius 1 is 1.30 bits per heavy atom. The van der Waals surface area contributed by atoms with Crippen LogP contribution in [0, 0.1) is 11.2 Å². The van der Waals surface area contributed by atoms with Crippen molar-refractivity contribution in [2.24, 2.45) is 5.41 Å². The summed E-state index contributed by atoms with van der Waals surface area (Å²) in [6, 6.07) is 4.91. The highest BCUT2D eigenvalue weighted by atomic mass is 35.5. The quantitative estimate of drug-likeness (QED) is 0.778. The third-order valence-corrected chi connectivity index (χ3v) is 5.55. The first kappa shape index (κ1) is 14.3. The molecule has 20 heavy (non-hydrogen) atoms. The van der Waals surface area contributed by atoms with Gasteiger partial charge in [-0.2, -0.15) is 0 Å². The molecule has 2 saturated carbocycles. The van der Waals surface area contributed by atoms with Gasteiger partial charge in [-0.25, -0.2) is 4.39 Å². The minimum atomic E-state index is -0.243. The molecule has 0 aliphatic heterocycles. The zero-order valence-electron chi connectivity index (χ0n) is 12.1. The van der Waals surface area contributed by atoms with Crippen molar-refractivity contribution in [1.82, 2.24) is 5.32 Å².